The first-order valence-electron chi connectivity index (χ1n) is 8.51. The van der Waals surface area contributed by atoms with Gasteiger partial charge in [0.25, 0.3) is 0 Å². The third-order valence-electron chi connectivity index (χ3n) is 4.67. The van der Waals surface area contributed by atoms with Crippen molar-refractivity contribution in [2.24, 2.45) is 5.14 Å². The van der Waals surface area contributed by atoms with Crippen LogP contribution in [0, 0.1) is 20.8 Å². The number of fused-ring (bicyclic) bond motifs is 1. The standard InChI is InChI=1S/C20H20N2O5S/c1-11-8-14(9-18(12(11)2)28(21,25)26)20(24)27-10-17(23)19-13(3)22-16-7-5-4-6-15(16)19/h4-9,22H,10H2,1-3H3,(H2,21,25,26). The van der Waals surface area contributed by atoms with Crippen LogP contribution in [0.3, 0.4) is 0 Å². The van der Waals surface area contributed by atoms with E-state index in [1.165, 1.54) is 12.1 Å². The van der Waals surface area contributed by atoms with E-state index in [-0.39, 0.29) is 16.2 Å². The highest BCUT2D eigenvalue weighted by Crippen LogP contribution is 2.23. The Kier molecular flexibility index (Phi) is 5.10. The summed E-state index contributed by atoms with van der Waals surface area (Å²) in [5, 5.41) is 5.97. The third-order valence-corrected chi connectivity index (χ3v) is 5.71. The summed E-state index contributed by atoms with van der Waals surface area (Å²) < 4.78 is 28.6. The third kappa shape index (κ3) is 3.69. The number of esters is 1. The number of hydrogen-bond acceptors (Lipinski definition) is 5. The Labute approximate surface area is 162 Å². The lowest BCUT2D eigenvalue weighted by molar-refractivity contribution is 0.0474. The zero-order valence-corrected chi connectivity index (χ0v) is 16.5. The lowest BCUT2D eigenvalue weighted by Crippen LogP contribution is -2.18. The number of nitrogens with two attached hydrogens (primary N) is 1. The van der Waals surface area contributed by atoms with E-state index in [4.69, 9.17) is 9.88 Å². The van der Waals surface area contributed by atoms with Crippen molar-refractivity contribution in [1.29, 1.82) is 0 Å². The number of carbonyl (C=O) groups excluding carboxylic acids is 2. The van der Waals surface area contributed by atoms with Crippen molar-refractivity contribution in [1.82, 2.24) is 4.98 Å². The Balaban J connectivity index is 1.83. The number of benzene rings is 2. The maximum atomic E-state index is 12.6. The highest BCUT2D eigenvalue weighted by Gasteiger charge is 2.21. The van der Waals surface area contributed by atoms with E-state index in [2.05, 4.69) is 4.98 Å². The number of nitrogens with one attached hydrogen (secondary N) is 1. The molecule has 0 aliphatic rings. The fourth-order valence-electron chi connectivity index (χ4n) is 3.16. The molecule has 1 aromatic heterocycles. The predicted octanol–water partition coefficient (Wildman–Crippen LogP) is 2.78. The molecule has 0 bridgehead atoms. The van der Waals surface area contributed by atoms with Gasteiger partial charge in [-0.1, -0.05) is 18.2 Å². The zero-order chi connectivity index (χ0) is 20.6. The number of primary sulfonamides is 1. The molecule has 0 atom stereocenters. The van der Waals surface area contributed by atoms with E-state index in [1.807, 2.05) is 24.3 Å². The summed E-state index contributed by atoms with van der Waals surface area (Å²) in [5.74, 6) is -1.14. The van der Waals surface area contributed by atoms with Gasteiger partial charge in [0.15, 0.2) is 6.61 Å². The molecule has 0 spiro atoms. The summed E-state index contributed by atoms with van der Waals surface area (Å²) >= 11 is 0. The second-order valence-corrected chi connectivity index (χ2v) is 8.16. The molecule has 28 heavy (non-hydrogen) atoms. The molecule has 0 saturated carbocycles. The average Bonchev–Trinajstić information content (AvgIpc) is 2.96. The van der Waals surface area contributed by atoms with Gasteiger partial charge in [0.2, 0.25) is 15.8 Å². The molecular weight excluding hydrogens is 380 g/mol. The van der Waals surface area contributed by atoms with Gasteiger partial charge in [-0.25, -0.2) is 18.4 Å². The van der Waals surface area contributed by atoms with Crippen molar-refractivity contribution in [2.75, 3.05) is 6.61 Å². The van der Waals surface area contributed by atoms with Crippen molar-refractivity contribution in [2.45, 2.75) is 25.7 Å². The van der Waals surface area contributed by atoms with Crippen LogP contribution in [0.25, 0.3) is 10.9 Å². The van der Waals surface area contributed by atoms with Crippen LogP contribution in [0.1, 0.15) is 37.5 Å². The van der Waals surface area contributed by atoms with E-state index in [0.717, 1.165) is 10.9 Å². The zero-order valence-electron chi connectivity index (χ0n) is 15.7. The van der Waals surface area contributed by atoms with Crippen molar-refractivity contribution < 1.29 is 22.7 Å². The Morgan fingerprint density at radius 2 is 1.79 bits per heavy atom. The molecule has 0 saturated heterocycles. The Bertz CT molecular complexity index is 1210. The van der Waals surface area contributed by atoms with Crippen LogP contribution in [0.4, 0.5) is 0 Å². The number of rotatable bonds is 5. The molecule has 0 aliphatic carbocycles. The van der Waals surface area contributed by atoms with Gasteiger partial charge in [-0.3, -0.25) is 4.79 Å². The molecule has 0 aliphatic heterocycles. The van der Waals surface area contributed by atoms with Crippen LogP contribution in [0.2, 0.25) is 0 Å². The van der Waals surface area contributed by atoms with Crippen LogP contribution in [0.5, 0.6) is 0 Å². The SMILES string of the molecule is Cc1cc(C(=O)OCC(=O)c2c(C)[nH]c3ccccc23)cc(S(N)(=O)=O)c1C. The number of hydrogen-bond donors (Lipinski definition) is 2. The maximum absolute atomic E-state index is 12.6. The van der Waals surface area contributed by atoms with Crippen LogP contribution in [-0.4, -0.2) is 31.8 Å². The second-order valence-electron chi connectivity index (χ2n) is 6.63. The number of aromatic nitrogens is 1. The molecule has 3 rings (SSSR count). The Hall–Kier alpha value is -2.97. The first kappa shape index (κ1) is 19.8. The fraction of sp³-hybridized carbons (Fsp3) is 0.200. The molecule has 0 unspecified atom stereocenters. The van der Waals surface area contributed by atoms with Crippen molar-refractivity contribution in [3.8, 4) is 0 Å². The lowest BCUT2D eigenvalue weighted by Gasteiger charge is -2.10. The fourth-order valence-corrected chi connectivity index (χ4v) is 4.04. The van der Waals surface area contributed by atoms with Crippen LogP contribution in [0.15, 0.2) is 41.3 Å². The molecule has 7 nitrogen and oxygen atoms in total. The number of ketones is 1. The number of sulfonamides is 1. The molecule has 2 aromatic carbocycles. The molecule has 0 radical (unpaired) electrons. The molecule has 8 heteroatoms. The van der Waals surface area contributed by atoms with E-state index in [9.17, 15) is 18.0 Å². The molecular formula is C20H20N2O5S. The number of para-hydroxylation sites is 1. The summed E-state index contributed by atoms with van der Waals surface area (Å²) in [4.78, 5) is 28.0. The van der Waals surface area contributed by atoms with Gasteiger partial charge < -0.3 is 9.72 Å². The number of Topliss-reactive ketones (excluding diaryl/α,β-unsaturated/α-hetero) is 1. The number of aromatic amines is 1. The van der Waals surface area contributed by atoms with Gasteiger partial charge >= 0.3 is 5.97 Å². The molecule has 1 heterocycles. The van der Waals surface area contributed by atoms with Crippen molar-refractivity contribution in [3.63, 3.8) is 0 Å². The van der Waals surface area contributed by atoms with Crippen molar-refractivity contribution in [3.05, 3.63) is 64.3 Å². The quantitative estimate of drug-likeness (QED) is 0.504. The maximum Gasteiger partial charge on any atom is 0.338 e. The summed E-state index contributed by atoms with van der Waals surface area (Å²) in [5.41, 5.74) is 3.04. The van der Waals surface area contributed by atoms with Crippen molar-refractivity contribution >= 4 is 32.7 Å². The summed E-state index contributed by atoms with van der Waals surface area (Å²) in [7, 11) is -3.99. The van der Waals surface area contributed by atoms with Crippen LogP contribution in [-0.2, 0) is 14.8 Å². The summed E-state index contributed by atoms with van der Waals surface area (Å²) in [6.07, 6.45) is 0. The van der Waals surface area contributed by atoms with Gasteiger partial charge in [0, 0.05) is 22.2 Å². The molecule has 146 valence electrons. The molecule has 3 aromatic rings. The minimum absolute atomic E-state index is 0.0237. The second kappa shape index (κ2) is 7.21. The van der Waals surface area contributed by atoms with Gasteiger partial charge in [0.05, 0.1) is 10.5 Å². The minimum atomic E-state index is -3.99. The first-order chi connectivity index (χ1) is 13.1. The summed E-state index contributed by atoms with van der Waals surface area (Å²) in [6, 6.07) is 10.0. The van der Waals surface area contributed by atoms with Gasteiger partial charge in [0.1, 0.15) is 0 Å². The van der Waals surface area contributed by atoms with Crippen LogP contribution >= 0.6 is 0 Å². The number of carbonyl (C=O) groups is 2. The average molecular weight is 400 g/mol. The van der Waals surface area contributed by atoms with E-state index < -0.39 is 22.6 Å². The van der Waals surface area contributed by atoms with Gasteiger partial charge in [-0.15, -0.1) is 0 Å². The number of ether oxygens (including phenoxy) is 1. The van der Waals surface area contributed by atoms with E-state index in [1.54, 1.807) is 20.8 Å². The van der Waals surface area contributed by atoms with E-state index >= 15 is 0 Å². The number of H-pyrrole nitrogens is 1. The molecule has 0 fully saturated rings. The highest BCUT2D eigenvalue weighted by molar-refractivity contribution is 7.89. The highest BCUT2D eigenvalue weighted by atomic mass is 32.2. The Morgan fingerprint density at radius 1 is 1.11 bits per heavy atom. The smallest absolute Gasteiger partial charge is 0.338 e. The summed E-state index contributed by atoms with van der Waals surface area (Å²) in [6.45, 7) is 4.59. The van der Waals surface area contributed by atoms with Crippen LogP contribution < -0.4 is 5.14 Å². The van der Waals surface area contributed by atoms with Gasteiger partial charge in [-0.2, -0.15) is 0 Å². The lowest BCUT2D eigenvalue weighted by atomic mass is 10.1. The predicted molar refractivity (Wildman–Crippen MR) is 105 cm³/mol. The monoisotopic (exact) mass is 400 g/mol. The molecule has 0 amide bonds. The first-order valence-corrected chi connectivity index (χ1v) is 10.1. The topological polar surface area (TPSA) is 119 Å². The normalized spacial score (nSPS) is 11.6. The van der Waals surface area contributed by atoms with E-state index in [0.29, 0.717) is 22.4 Å². The largest absolute Gasteiger partial charge is 0.454 e. The number of aryl methyl sites for hydroxylation is 2. The Morgan fingerprint density at radius 3 is 2.46 bits per heavy atom. The minimum Gasteiger partial charge on any atom is -0.454 e. The molecule has 3 N–H and O–H groups in total. The van der Waals surface area contributed by atoms with Gasteiger partial charge in [-0.05, 0) is 50.1 Å².